The first-order valence-corrected chi connectivity index (χ1v) is 8.41. The summed E-state index contributed by atoms with van der Waals surface area (Å²) >= 11 is 0. The second-order valence-electron chi connectivity index (χ2n) is 6.08. The molecule has 0 saturated heterocycles. The van der Waals surface area contributed by atoms with Crippen LogP contribution in [0.1, 0.15) is 15.9 Å². The summed E-state index contributed by atoms with van der Waals surface area (Å²) < 4.78 is 42.5. The van der Waals surface area contributed by atoms with E-state index in [-0.39, 0.29) is 11.3 Å². The van der Waals surface area contributed by atoms with Crippen LogP contribution in [0.25, 0.3) is 11.4 Å². The fourth-order valence-electron chi connectivity index (χ4n) is 2.77. The maximum absolute atomic E-state index is 13.1. The summed E-state index contributed by atoms with van der Waals surface area (Å²) in [6.07, 6.45) is 0.238. The fourth-order valence-corrected chi connectivity index (χ4v) is 2.77. The Morgan fingerprint density at radius 1 is 1.00 bits per heavy atom. The molecule has 4 aromatic rings. The number of carbonyl (C=O) groups is 1. The molecular formula is C19H13F3N6O. The molecule has 0 fully saturated rings. The number of anilines is 1. The first kappa shape index (κ1) is 18.4. The van der Waals surface area contributed by atoms with Crippen molar-refractivity contribution in [3.63, 3.8) is 0 Å². The molecule has 1 N–H and O–H groups in total. The topological polar surface area (TPSA) is 77.6 Å². The Morgan fingerprint density at radius 2 is 1.72 bits per heavy atom. The fraction of sp³-hybridized carbons (Fsp3) is 0.0526. The number of nitrogens with one attached hydrogen (secondary N) is 1. The molecule has 0 aliphatic carbocycles. The summed E-state index contributed by atoms with van der Waals surface area (Å²) in [5, 5.41) is 13.4. The number of alkyl halides is 3. The highest BCUT2D eigenvalue weighted by Gasteiger charge is 2.31. The van der Waals surface area contributed by atoms with Crippen molar-refractivity contribution < 1.29 is 18.0 Å². The van der Waals surface area contributed by atoms with Crippen molar-refractivity contribution in [2.24, 2.45) is 0 Å². The van der Waals surface area contributed by atoms with Gasteiger partial charge >= 0.3 is 6.18 Å². The van der Waals surface area contributed by atoms with Gasteiger partial charge in [-0.2, -0.15) is 13.2 Å². The van der Waals surface area contributed by atoms with Gasteiger partial charge in [-0.1, -0.05) is 0 Å². The predicted octanol–water partition coefficient (Wildman–Crippen LogP) is 3.72. The van der Waals surface area contributed by atoms with E-state index >= 15 is 0 Å². The molecule has 2 aromatic heterocycles. The molecule has 0 aliphatic rings. The number of benzene rings is 2. The summed E-state index contributed by atoms with van der Waals surface area (Å²) in [6, 6.07) is 13.0. The minimum Gasteiger partial charge on any atom is -0.322 e. The first-order valence-electron chi connectivity index (χ1n) is 8.41. The zero-order valence-corrected chi connectivity index (χ0v) is 14.7. The normalized spacial score (nSPS) is 11.4. The van der Waals surface area contributed by atoms with Crippen LogP contribution in [0.15, 0.2) is 73.3 Å². The quantitative estimate of drug-likeness (QED) is 0.568. The third-order valence-electron chi connectivity index (χ3n) is 4.20. The van der Waals surface area contributed by atoms with Gasteiger partial charge in [0.15, 0.2) is 0 Å². The maximum Gasteiger partial charge on any atom is 0.416 e. The van der Waals surface area contributed by atoms with Gasteiger partial charge < -0.3 is 9.88 Å². The monoisotopic (exact) mass is 398 g/mol. The number of nitrogens with zero attached hydrogens (tertiary/aromatic N) is 5. The Labute approximate surface area is 162 Å². The van der Waals surface area contributed by atoms with Crippen LogP contribution in [-0.4, -0.2) is 30.7 Å². The maximum atomic E-state index is 13.1. The van der Waals surface area contributed by atoms with Crippen LogP contribution in [0.2, 0.25) is 0 Å². The van der Waals surface area contributed by atoms with Crippen LogP contribution in [-0.2, 0) is 6.18 Å². The Balaban J connectivity index is 1.64. The highest BCUT2D eigenvalue weighted by Crippen LogP contribution is 2.33. The van der Waals surface area contributed by atoms with Gasteiger partial charge in [0.1, 0.15) is 6.33 Å². The lowest BCUT2D eigenvalue weighted by molar-refractivity contribution is -0.137. The summed E-state index contributed by atoms with van der Waals surface area (Å²) in [6.45, 7) is 0. The third-order valence-corrected chi connectivity index (χ3v) is 4.20. The Kier molecular flexibility index (Phi) is 4.59. The van der Waals surface area contributed by atoms with Gasteiger partial charge in [-0.15, -0.1) is 5.10 Å². The molecule has 1 amide bonds. The molecule has 0 aliphatic heterocycles. The summed E-state index contributed by atoms with van der Waals surface area (Å²) in [7, 11) is 0. The molecule has 0 atom stereocenters. The van der Waals surface area contributed by atoms with Crippen molar-refractivity contribution in [2.45, 2.75) is 6.18 Å². The molecule has 2 heterocycles. The van der Waals surface area contributed by atoms with Crippen LogP contribution in [0.3, 0.4) is 0 Å². The van der Waals surface area contributed by atoms with Gasteiger partial charge in [0.25, 0.3) is 5.91 Å². The Morgan fingerprint density at radius 3 is 2.34 bits per heavy atom. The predicted molar refractivity (Wildman–Crippen MR) is 97.9 cm³/mol. The number of hydrogen-bond donors (Lipinski definition) is 1. The van der Waals surface area contributed by atoms with E-state index in [1.165, 1.54) is 29.2 Å². The highest BCUT2D eigenvalue weighted by molar-refractivity contribution is 6.05. The van der Waals surface area contributed by atoms with Crippen LogP contribution < -0.4 is 5.32 Å². The molecule has 0 bridgehead atoms. The van der Waals surface area contributed by atoms with E-state index in [2.05, 4.69) is 20.8 Å². The minimum atomic E-state index is -4.53. The molecule has 0 spiro atoms. The summed E-state index contributed by atoms with van der Waals surface area (Å²) in [5.74, 6) is -0.541. The molecule has 0 saturated carbocycles. The third kappa shape index (κ3) is 3.86. The van der Waals surface area contributed by atoms with E-state index in [1.54, 1.807) is 41.2 Å². The van der Waals surface area contributed by atoms with Crippen LogP contribution >= 0.6 is 0 Å². The molecule has 2 aromatic carbocycles. The Bertz CT molecular complexity index is 1120. The van der Waals surface area contributed by atoms with Crippen molar-refractivity contribution in [3.05, 3.63) is 84.4 Å². The lowest BCUT2D eigenvalue weighted by Crippen LogP contribution is -2.15. The van der Waals surface area contributed by atoms with Gasteiger partial charge in [-0.25, -0.2) is 4.68 Å². The van der Waals surface area contributed by atoms with Crippen molar-refractivity contribution in [2.75, 3.05) is 5.32 Å². The van der Waals surface area contributed by atoms with Gasteiger partial charge in [-0.3, -0.25) is 4.79 Å². The number of rotatable bonds is 4. The van der Waals surface area contributed by atoms with E-state index in [0.717, 1.165) is 12.1 Å². The molecule has 4 rings (SSSR count). The molecular weight excluding hydrogens is 385 g/mol. The van der Waals surface area contributed by atoms with E-state index in [4.69, 9.17) is 0 Å². The van der Waals surface area contributed by atoms with Crippen molar-refractivity contribution >= 4 is 11.6 Å². The van der Waals surface area contributed by atoms with E-state index in [1.807, 2.05) is 0 Å². The SMILES string of the molecule is O=C(Nc1cc(C(F)(F)F)ccc1-n1cccc1)c1ccc(-n2cnnn2)cc1. The molecule has 0 unspecified atom stereocenters. The zero-order valence-electron chi connectivity index (χ0n) is 14.7. The lowest BCUT2D eigenvalue weighted by Gasteiger charge is -2.15. The molecule has 7 nitrogen and oxygen atoms in total. The Hall–Kier alpha value is -3.95. The number of halogens is 3. The second kappa shape index (κ2) is 7.23. The summed E-state index contributed by atoms with van der Waals surface area (Å²) in [5.41, 5.74) is 0.529. The lowest BCUT2D eigenvalue weighted by atomic mass is 10.1. The van der Waals surface area contributed by atoms with E-state index < -0.39 is 17.6 Å². The van der Waals surface area contributed by atoms with Crippen LogP contribution in [0.4, 0.5) is 18.9 Å². The largest absolute Gasteiger partial charge is 0.416 e. The van der Waals surface area contributed by atoms with Crippen molar-refractivity contribution in [3.8, 4) is 11.4 Å². The average Bonchev–Trinajstić information content (AvgIpc) is 3.41. The number of carbonyl (C=O) groups excluding carboxylic acids is 1. The molecule has 29 heavy (non-hydrogen) atoms. The number of amides is 1. The minimum absolute atomic E-state index is 0.0468. The van der Waals surface area contributed by atoms with Crippen LogP contribution in [0.5, 0.6) is 0 Å². The van der Waals surface area contributed by atoms with E-state index in [9.17, 15) is 18.0 Å². The molecule has 0 radical (unpaired) electrons. The number of tetrazole rings is 1. The number of hydrogen-bond acceptors (Lipinski definition) is 4. The average molecular weight is 398 g/mol. The smallest absolute Gasteiger partial charge is 0.322 e. The van der Waals surface area contributed by atoms with Crippen molar-refractivity contribution in [1.82, 2.24) is 24.8 Å². The molecule has 10 heteroatoms. The highest BCUT2D eigenvalue weighted by atomic mass is 19.4. The van der Waals surface area contributed by atoms with E-state index in [0.29, 0.717) is 11.4 Å². The van der Waals surface area contributed by atoms with Gasteiger partial charge in [0, 0.05) is 18.0 Å². The van der Waals surface area contributed by atoms with Crippen molar-refractivity contribution in [1.29, 1.82) is 0 Å². The number of aromatic nitrogens is 5. The summed E-state index contributed by atoms with van der Waals surface area (Å²) in [4.78, 5) is 12.6. The van der Waals surface area contributed by atoms with Gasteiger partial charge in [0.05, 0.1) is 22.6 Å². The first-order chi connectivity index (χ1) is 13.9. The zero-order chi connectivity index (χ0) is 20.4. The van der Waals surface area contributed by atoms with Gasteiger partial charge in [0.2, 0.25) is 0 Å². The second-order valence-corrected chi connectivity index (χ2v) is 6.08. The van der Waals surface area contributed by atoms with Gasteiger partial charge in [-0.05, 0) is 65.0 Å². The standard InChI is InChI=1S/C19H13F3N6O/c20-19(21,22)14-5-8-17(27-9-1-2-10-27)16(11-14)24-18(29)13-3-6-15(7-4-13)28-12-23-25-26-28/h1-12H,(H,24,29). The molecule has 146 valence electrons. The van der Waals surface area contributed by atoms with Crippen LogP contribution in [0, 0.1) is 0 Å².